The van der Waals surface area contributed by atoms with Crippen molar-refractivity contribution in [2.24, 2.45) is 7.05 Å². The normalized spacial score (nSPS) is 11.2. The Morgan fingerprint density at radius 2 is 1.62 bits per heavy atom. The second-order valence-electron chi connectivity index (χ2n) is 5.32. The molecule has 0 aliphatic carbocycles. The highest BCUT2D eigenvalue weighted by molar-refractivity contribution is 5.30. The maximum absolute atomic E-state index is 4.42. The predicted molar refractivity (Wildman–Crippen MR) is 81.9 cm³/mol. The smallest absolute Gasteiger partial charge is 0.0645 e. The number of aromatic nitrogens is 4. The number of benzene rings is 1. The summed E-state index contributed by atoms with van der Waals surface area (Å²) < 4.78 is 3.74. The highest BCUT2D eigenvalue weighted by Crippen LogP contribution is 2.10. The molecule has 0 N–H and O–H groups in total. The molecule has 108 valence electrons. The quantitative estimate of drug-likeness (QED) is 0.720. The third-order valence-corrected chi connectivity index (χ3v) is 3.32. The van der Waals surface area contributed by atoms with Gasteiger partial charge in [-0.05, 0) is 19.2 Å². The Bertz CT molecular complexity index is 698. The van der Waals surface area contributed by atoms with Gasteiger partial charge in [-0.3, -0.25) is 9.58 Å². The van der Waals surface area contributed by atoms with Crippen molar-refractivity contribution in [1.29, 1.82) is 0 Å². The van der Waals surface area contributed by atoms with E-state index >= 15 is 0 Å². The minimum absolute atomic E-state index is 0.863. The minimum atomic E-state index is 0.863. The average molecular weight is 281 g/mol. The third kappa shape index (κ3) is 3.38. The number of hydrogen-bond acceptors (Lipinski definition) is 3. The zero-order valence-electron chi connectivity index (χ0n) is 12.3. The molecule has 0 saturated carbocycles. The van der Waals surface area contributed by atoms with Crippen molar-refractivity contribution < 1.29 is 0 Å². The molecule has 3 aromatic rings. The van der Waals surface area contributed by atoms with E-state index in [0.29, 0.717) is 0 Å². The van der Waals surface area contributed by atoms with Crippen LogP contribution in [0.15, 0.2) is 55.1 Å². The lowest BCUT2D eigenvalue weighted by Gasteiger charge is -2.14. The summed E-state index contributed by atoms with van der Waals surface area (Å²) in [5.74, 6) is 0. The van der Waals surface area contributed by atoms with Gasteiger partial charge in [0.05, 0.1) is 18.1 Å². The van der Waals surface area contributed by atoms with Crippen molar-refractivity contribution in [3.05, 3.63) is 66.2 Å². The molecule has 0 saturated heterocycles. The van der Waals surface area contributed by atoms with Crippen molar-refractivity contribution in [3.8, 4) is 5.69 Å². The van der Waals surface area contributed by atoms with Crippen LogP contribution in [0.4, 0.5) is 0 Å². The lowest BCUT2D eigenvalue weighted by Crippen LogP contribution is -2.16. The fourth-order valence-electron chi connectivity index (χ4n) is 2.40. The number of hydrogen-bond donors (Lipinski definition) is 0. The van der Waals surface area contributed by atoms with Gasteiger partial charge in [0.1, 0.15) is 0 Å². The van der Waals surface area contributed by atoms with E-state index in [1.165, 1.54) is 11.1 Å². The van der Waals surface area contributed by atoms with Crippen LogP contribution in [0, 0.1) is 0 Å². The Kier molecular flexibility index (Phi) is 3.83. The van der Waals surface area contributed by atoms with Crippen LogP contribution in [-0.4, -0.2) is 31.5 Å². The Hall–Kier alpha value is -2.40. The van der Waals surface area contributed by atoms with Gasteiger partial charge < -0.3 is 0 Å². The Morgan fingerprint density at radius 3 is 2.29 bits per heavy atom. The first-order valence-electron chi connectivity index (χ1n) is 6.96. The van der Waals surface area contributed by atoms with Gasteiger partial charge in [-0.15, -0.1) is 0 Å². The second kappa shape index (κ2) is 5.93. The summed E-state index contributed by atoms with van der Waals surface area (Å²) in [6.07, 6.45) is 7.95. The standard InChI is InChI=1S/C16H19N5/c1-19(10-14-8-17-20(2)12-14)11-15-9-18-21(13-15)16-6-4-3-5-7-16/h3-9,12-13H,10-11H2,1-2H3. The molecular weight excluding hydrogens is 262 g/mol. The number of nitrogens with zero attached hydrogens (tertiary/aromatic N) is 5. The summed E-state index contributed by atoms with van der Waals surface area (Å²) in [5.41, 5.74) is 3.50. The predicted octanol–water partition coefficient (Wildman–Crippen LogP) is 2.24. The molecule has 0 atom stereocenters. The molecule has 0 aliphatic heterocycles. The van der Waals surface area contributed by atoms with Crippen molar-refractivity contribution in [3.63, 3.8) is 0 Å². The zero-order valence-corrected chi connectivity index (χ0v) is 12.3. The molecule has 0 aliphatic rings. The zero-order chi connectivity index (χ0) is 14.7. The molecule has 2 aromatic heterocycles. The van der Waals surface area contributed by atoms with E-state index in [1.807, 2.05) is 53.2 Å². The Morgan fingerprint density at radius 1 is 0.952 bits per heavy atom. The summed E-state index contributed by atoms with van der Waals surface area (Å²) in [4.78, 5) is 2.25. The van der Waals surface area contributed by atoms with Crippen LogP contribution in [0.2, 0.25) is 0 Å². The molecule has 0 radical (unpaired) electrons. The lowest BCUT2D eigenvalue weighted by atomic mass is 10.3. The van der Waals surface area contributed by atoms with Gasteiger partial charge in [0, 0.05) is 43.7 Å². The molecule has 3 rings (SSSR count). The summed E-state index contributed by atoms with van der Waals surface area (Å²) in [6.45, 7) is 1.74. The molecule has 0 amide bonds. The molecule has 0 unspecified atom stereocenters. The summed E-state index contributed by atoms with van der Waals surface area (Å²) in [5, 5.41) is 8.62. The topological polar surface area (TPSA) is 38.9 Å². The maximum atomic E-state index is 4.42. The molecule has 5 heteroatoms. The Labute approximate surface area is 124 Å². The van der Waals surface area contributed by atoms with Gasteiger partial charge in [0.25, 0.3) is 0 Å². The first kappa shape index (κ1) is 13.6. The van der Waals surface area contributed by atoms with Crippen molar-refractivity contribution in [2.75, 3.05) is 7.05 Å². The minimum Gasteiger partial charge on any atom is -0.298 e. The fraction of sp³-hybridized carbons (Fsp3) is 0.250. The Balaban J connectivity index is 1.64. The molecular formula is C16H19N5. The van der Waals surface area contributed by atoms with E-state index in [1.54, 1.807) is 0 Å². The average Bonchev–Trinajstić information content (AvgIpc) is 3.09. The van der Waals surface area contributed by atoms with Crippen LogP contribution < -0.4 is 0 Å². The highest BCUT2D eigenvalue weighted by Gasteiger charge is 2.06. The molecule has 0 bridgehead atoms. The largest absolute Gasteiger partial charge is 0.298 e. The van der Waals surface area contributed by atoms with Crippen molar-refractivity contribution in [1.82, 2.24) is 24.5 Å². The van der Waals surface area contributed by atoms with E-state index in [2.05, 4.69) is 40.5 Å². The van der Waals surface area contributed by atoms with Gasteiger partial charge in [0.2, 0.25) is 0 Å². The van der Waals surface area contributed by atoms with Gasteiger partial charge in [0.15, 0.2) is 0 Å². The van der Waals surface area contributed by atoms with E-state index in [0.717, 1.165) is 18.8 Å². The molecule has 0 spiro atoms. The van der Waals surface area contributed by atoms with E-state index in [4.69, 9.17) is 0 Å². The molecule has 2 heterocycles. The summed E-state index contributed by atoms with van der Waals surface area (Å²) in [7, 11) is 4.04. The van der Waals surface area contributed by atoms with E-state index < -0.39 is 0 Å². The molecule has 21 heavy (non-hydrogen) atoms. The van der Waals surface area contributed by atoms with Gasteiger partial charge >= 0.3 is 0 Å². The van der Waals surface area contributed by atoms with Crippen LogP contribution in [0.3, 0.4) is 0 Å². The first-order chi connectivity index (χ1) is 10.2. The van der Waals surface area contributed by atoms with Gasteiger partial charge in [-0.2, -0.15) is 10.2 Å². The molecule has 0 fully saturated rings. The van der Waals surface area contributed by atoms with Gasteiger partial charge in [-0.1, -0.05) is 18.2 Å². The first-order valence-corrected chi connectivity index (χ1v) is 6.96. The van der Waals surface area contributed by atoms with Crippen LogP contribution in [0.25, 0.3) is 5.69 Å². The van der Waals surface area contributed by atoms with E-state index in [9.17, 15) is 0 Å². The molecule has 5 nitrogen and oxygen atoms in total. The van der Waals surface area contributed by atoms with Crippen molar-refractivity contribution >= 4 is 0 Å². The van der Waals surface area contributed by atoms with Gasteiger partial charge in [-0.25, -0.2) is 4.68 Å². The highest BCUT2D eigenvalue weighted by atomic mass is 15.3. The van der Waals surface area contributed by atoms with E-state index in [-0.39, 0.29) is 0 Å². The summed E-state index contributed by atoms with van der Waals surface area (Å²) >= 11 is 0. The number of rotatable bonds is 5. The van der Waals surface area contributed by atoms with Crippen LogP contribution in [0.5, 0.6) is 0 Å². The van der Waals surface area contributed by atoms with Crippen LogP contribution in [-0.2, 0) is 20.1 Å². The van der Waals surface area contributed by atoms with Crippen LogP contribution >= 0.6 is 0 Å². The summed E-state index contributed by atoms with van der Waals surface area (Å²) in [6, 6.07) is 10.2. The molecule has 1 aromatic carbocycles. The SMILES string of the molecule is CN(Cc1cnn(C)c1)Cc1cnn(-c2ccccc2)c1. The fourth-order valence-corrected chi connectivity index (χ4v) is 2.40. The van der Waals surface area contributed by atoms with Crippen molar-refractivity contribution in [2.45, 2.75) is 13.1 Å². The monoisotopic (exact) mass is 281 g/mol. The third-order valence-electron chi connectivity index (χ3n) is 3.32. The van der Waals surface area contributed by atoms with Crippen LogP contribution in [0.1, 0.15) is 11.1 Å². The second-order valence-corrected chi connectivity index (χ2v) is 5.32. The maximum Gasteiger partial charge on any atom is 0.0645 e. The number of para-hydroxylation sites is 1. The lowest BCUT2D eigenvalue weighted by molar-refractivity contribution is 0.319. The number of aryl methyl sites for hydroxylation is 1.